The average molecular weight is 570 g/mol. The van der Waals surface area contributed by atoms with Crippen molar-refractivity contribution in [2.75, 3.05) is 45.9 Å². The number of nitrogens with one attached hydrogen (secondary N) is 1. The Hall–Kier alpha value is -2.89. The maximum Gasteiger partial charge on any atom is 0.416 e. The molecule has 1 N–H and O–H groups in total. The van der Waals surface area contributed by atoms with Gasteiger partial charge in [-0.3, -0.25) is 9.69 Å². The Balaban J connectivity index is 1.59. The summed E-state index contributed by atoms with van der Waals surface area (Å²) >= 11 is 0. The number of aryl methyl sites for hydroxylation is 2. The van der Waals surface area contributed by atoms with Crippen LogP contribution in [0.25, 0.3) is 0 Å². The fourth-order valence-corrected chi connectivity index (χ4v) is 5.06. The summed E-state index contributed by atoms with van der Waals surface area (Å²) in [5.41, 5.74) is -0.534. The molecule has 0 spiro atoms. The molecule has 5 nitrogen and oxygen atoms in total. The zero-order valence-electron chi connectivity index (χ0n) is 22.4. The van der Waals surface area contributed by atoms with Crippen LogP contribution < -0.4 is 5.32 Å². The Labute approximate surface area is 229 Å². The molecule has 2 atom stereocenters. The second kappa shape index (κ2) is 12.3. The molecule has 218 valence electrons. The lowest BCUT2D eigenvalue weighted by Gasteiger charge is -2.41. The van der Waals surface area contributed by atoms with Gasteiger partial charge in [0.1, 0.15) is 0 Å². The van der Waals surface area contributed by atoms with E-state index in [9.17, 15) is 31.1 Å². The summed E-state index contributed by atoms with van der Waals surface area (Å²) in [5.74, 6) is -0.843. The Bertz CT molecular complexity index is 1190. The smallest absolute Gasteiger partial charge is 0.378 e. The van der Waals surface area contributed by atoms with Gasteiger partial charge in [0.25, 0.3) is 5.91 Å². The van der Waals surface area contributed by atoms with Gasteiger partial charge in [0, 0.05) is 50.4 Å². The van der Waals surface area contributed by atoms with Gasteiger partial charge in [-0.1, -0.05) is 30.4 Å². The highest BCUT2D eigenvalue weighted by molar-refractivity contribution is 5.95. The molecule has 0 bridgehead atoms. The molecule has 40 heavy (non-hydrogen) atoms. The molecule has 0 saturated carbocycles. The fraction of sp³-hybridized carbons (Fsp3) is 0.483. The third-order valence-electron chi connectivity index (χ3n) is 7.39. The lowest BCUT2D eigenvalue weighted by atomic mass is 9.97. The van der Waals surface area contributed by atoms with Crippen molar-refractivity contribution in [3.8, 4) is 0 Å². The third-order valence-corrected chi connectivity index (χ3v) is 7.39. The molecule has 2 aliphatic heterocycles. The first-order valence-electron chi connectivity index (χ1n) is 13.2. The van der Waals surface area contributed by atoms with Crippen LogP contribution in [0.15, 0.2) is 48.6 Å². The Morgan fingerprint density at radius 1 is 1.00 bits per heavy atom. The van der Waals surface area contributed by atoms with Gasteiger partial charge < -0.3 is 15.0 Å². The minimum Gasteiger partial charge on any atom is -0.378 e. The van der Waals surface area contributed by atoms with Gasteiger partial charge in [-0.25, -0.2) is 0 Å². The first kappa shape index (κ1) is 30.1. The van der Waals surface area contributed by atoms with E-state index in [-0.39, 0.29) is 18.7 Å². The normalized spacial score (nSPS) is 21.2. The molecule has 0 aromatic heterocycles. The quantitative estimate of drug-likeness (QED) is 0.381. The molecule has 0 unspecified atom stereocenters. The molecule has 0 aliphatic carbocycles. The predicted octanol–water partition coefficient (Wildman–Crippen LogP) is 5.25. The van der Waals surface area contributed by atoms with Crippen molar-refractivity contribution in [1.29, 1.82) is 0 Å². The summed E-state index contributed by atoms with van der Waals surface area (Å²) in [6.45, 7) is 7.55. The average Bonchev–Trinajstić information content (AvgIpc) is 2.90. The van der Waals surface area contributed by atoms with Crippen molar-refractivity contribution >= 4 is 5.91 Å². The van der Waals surface area contributed by atoms with Crippen molar-refractivity contribution < 1.29 is 35.9 Å². The monoisotopic (exact) mass is 569 g/mol. The van der Waals surface area contributed by atoms with E-state index in [1.807, 2.05) is 44.2 Å². The van der Waals surface area contributed by atoms with Gasteiger partial charge >= 0.3 is 12.4 Å². The SMILES string of the molecule is Cc1ccc(C[C@@H]2CN(CC=C[C@@H]3COCCN3)CCN2C(=O)c2cc(C(F)(F)F)cc(C(F)(F)F)c2)cc1C. The number of piperazine rings is 1. The van der Waals surface area contributed by atoms with E-state index in [1.54, 1.807) is 0 Å². The molecule has 2 aromatic carbocycles. The number of benzene rings is 2. The first-order valence-corrected chi connectivity index (χ1v) is 13.2. The van der Waals surface area contributed by atoms with Crippen LogP contribution in [0.1, 0.15) is 38.2 Å². The standard InChI is InChI=1S/C29H33F6N3O2/c1-19-5-6-21(12-20(19)2)13-26-17-37(8-3-4-25-18-40-11-7-36-25)9-10-38(26)27(39)22-14-23(28(30,31)32)16-24(15-22)29(33,34)35/h3-6,12,14-16,25-26,36H,7-11,13,17-18H2,1-2H3/t25-,26-/m1/s1. The zero-order chi connectivity index (χ0) is 29.1. The van der Waals surface area contributed by atoms with Crippen molar-refractivity contribution in [3.63, 3.8) is 0 Å². The summed E-state index contributed by atoms with van der Waals surface area (Å²) in [7, 11) is 0. The van der Waals surface area contributed by atoms with Crippen LogP contribution in [-0.4, -0.2) is 73.7 Å². The number of halogens is 6. The predicted molar refractivity (Wildman–Crippen MR) is 139 cm³/mol. The van der Waals surface area contributed by atoms with Crippen molar-refractivity contribution in [2.24, 2.45) is 0 Å². The molecule has 0 radical (unpaired) electrons. The zero-order valence-corrected chi connectivity index (χ0v) is 22.4. The number of hydrogen-bond acceptors (Lipinski definition) is 4. The maximum absolute atomic E-state index is 13.5. The number of amides is 1. The fourth-order valence-electron chi connectivity index (χ4n) is 5.06. The molecule has 2 fully saturated rings. The van der Waals surface area contributed by atoms with Crippen molar-refractivity contribution in [3.05, 3.63) is 81.9 Å². The van der Waals surface area contributed by atoms with E-state index < -0.39 is 41.0 Å². The Morgan fingerprint density at radius 2 is 1.70 bits per heavy atom. The van der Waals surface area contributed by atoms with Crippen LogP contribution in [-0.2, 0) is 23.5 Å². The van der Waals surface area contributed by atoms with Gasteiger partial charge in [-0.2, -0.15) is 26.3 Å². The number of carbonyl (C=O) groups excluding carboxylic acids is 1. The lowest BCUT2D eigenvalue weighted by Crippen LogP contribution is -2.56. The molecule has 1 amide bonds. The second-order valence-electron chi connectivity index (χ2n) is 10.4. The summed E-state index contributed by atoms with van der Waals surface area (Å²) < 4.78 is 86.2. The summed E-state index contributed by atoms with van der Waals surface area (Å²) in [6.07, 6.45) is -5.61. The van der Waals surface area contributed by atoms with Crippen molar-refractivity contribution in [1.82, 2.24) is 15.1 Å². The lowest BCUT2D eigenvalue weighted by molar-refractivity contribution is -0.143. The number of ether oxygens (including phenoxy) is 1. The van der Waals surface area contributed by atoms with Gasteiger partial charge in [0.05, 0.1) is 24.3 Å². The van der Waals surface area contributed by atoms with E-state index in [2.05, 4.69) is 10.2 Å². The van der Waals surface area contributed by atoms with E-state index in [4.69, 9.17) is 4.74 Å². The van der Waals surface area contributed by atoms with Gasteiger partial charge in [0.2, 0.25) is 0 Å². The number of nitrogens with zero attached hydrogens (tertiary/aromatic N) is 2. The second-order valence-corrected chi connectivity index (χ2v) is 10.4. The number of carbonyl (C=O) groups is 1. The van der Waals surface area contributed by atoms with Crippen molar-refractivity contribution in [2.45, 2.75) is 44.7 Å². The highest BCUT2D eigenvalue weighted by atomic mass is 19.4. The third kappa shape index (κ3) is 7.64. The highest BCUT2D eigenvalue weighted by Crippen LogP contribution is 2.37. The first-order chi connectivity index (χ1) is 18.8. The van der Waals surface area contributed by atoms with E-state index in [0.29, 0.717) is 51.4 Å². The summed E-state index contributed by atoms with van der Waals surface area (Å²) in [6, 6.07) is 6.62. The van der Waals surface area contributed by atoms with Gasteiger partial charge in [-0.05, 0) is 55.2 Å². The molecule has 11 heteroatoms. The van der Waals surface area contributed by atoms with Crippen LogP contribution in [0.2, 0.25) is 0 Å². The molecule has 2 aromatic rings. The molecular weight excluding hydrogens is 536 g/mol. The number of morpholine rings is 1. The Morgan fingerprint density at radius 3 is 2.30 bits per heavy atom. The van der Waals surface area contributed by atoms with Gasteiger partial charge in [0.15, 0.2) is 0 Å². The molecule has 2 aliphatic rings. The molecule has 2 saturated heterocycles. The Kier molecular flexibility index (Phi) is 9.26. The molecular formula is C29H33F6N3O2. The topological polar surface area (TPSA) is 44.8 Å². The molecule has 2 heterocycles. The minimum absolute atomic E-state index is 0.0415. The van der Waals surface area contributed by atoms with E-state index in [0.717, 1.165) is 23.2 Å². The number of hydrogen-bond donors (Lipinski definition) is 1. The van der Waals surface area contributed by atoms with Gasteiger partial charge in [-0.15, -0.1) is 0 Å². The minimum atomic E-state index is -5.03. The highest BCUT2D eigenvalue weighted by Gasteiger charge is 2.39. The maximum atomic E-state index is 13.5. The van der Waals surface area contributed by atoms with Crippen LogP contribution in [0.3, 0.4) is 0 Å². The number of alkyl halides is 6. The van der Waals surface area contributed by atoms with E-state index >= 15 is 0 Å². The summed E-state index contributed by atoms with van der Waals surface area (Å²) in [5, 5.41) is 3.34. The summed E-state index contributed by atoms with van der Waals surface area (Å²) in [4.78, 5) is 17.1. The van der Waals surface area contributed by atoms with Crippen LogP contribution in [0.4, 0.5) is 26.3 Å². The van der Waals surface area contributed by atoms with Crippen LogP contribution in [0, 0.1) is 13.8 Å². The van der Waals surface area contributed by atoms with E-state index in [1.165, 1.54) is 4.90 Å². The largest absolute Gasteiger partial charge is 0.416 e. The van der Waals surface area contributed by atoms with Crippen LogP contribution >= 0.6 is 0 Å². The molecule has 4 rings (SSSR count). The number of rotatable bonds is 6. The van der Waals surface area contributed by atoms with Crippen LogP contribution in [0.5, 0.6) is 0 Å².